The number of thiophene rings is 1. The van der Waals surface area contributed by atoms with Crippen LogP contribution in [0.15, 0.2) is 85.3 Å². The Bertz CT molecular complexity index is 2480. The van der Waals surface area contributed by atoms with Crippen LogP contribution >= 0.6 is 11.3 Å². The molecule has 3 aliphatic rings. The van der Waals surface area contributed by atoms with E-state index >= 15 is 0 Å². The zero-order chi connectivity index (χ0) is 39.0. The number of aryl methyl sites for hydroxylation is 2. The number of nitrogens with two attached hydrogens (primary N) is 1. The van der Waals surface area contributed by atoms with E-state index in [-0.39, 0.29) is 23.8 Å². The normalized spacial score (nSPS) is 17.7. The second-order valence-corrected chi connectivity index (χ2v) is 17.0. The summed E-state index contributed by atoms with van der Waals surface area (Å²) >= 11 is 1.60. The van der Waals surface area contributed by atoms with Gasteiger partial charge in [0.05, 0.1) is 16.1 Å². The van der Waals surface area contributed by atoms with E-state index in [9.17, 15) is 14.4 Å². The maximum atomic E-state index is 12.4. The lowest BCUT2D eigenvalue weighted by Crippen LogP contribution is -2.47. The molecule has 0 saturated carbocycles. The molecule has 1 atom stereocenters. The van der Waals surface area contributed by atoms with Crippen molar-refractivity contribution < 1.29 is 14.4 Å². The molecule has 290 valence electrons. The zero-order valence-electron chi connectivity index (χ0n) is 32.2. The minimum atomic E-state index is -0.371. The number of fused-ring (bicyclic) bond motifs is 2. The van der Waals surface area contributed by atoms with Crippen molar-refractivity contribution in [3.8, 4) is 22.4 Å². The number of anilines is 1. The molecule has 2 saturated heterocycles. The number of carbonyl (C=O) groups excluding carboxylic acids is 3. The van der Waals surface area contributed by atoms with E-state index < -0.39 is 0 Å². The summed E-state index contributed by atoms with van der Waals surface area (Å²) < 4.78 is 1.91. The monoisotopic (exact) mass is 777 g/mol. The molecule has 2 aliphatic heterocycles. The van der Waals surface area contributed by atoms with E-state index in [0.717, 1.165) is 101 Å². The zero-order valence-corrected chi connectivity index (χ0v) is 33.0. The first-order chi connectivity index (χ1) is 27.8. The number of primary amides is 1. The van der Waals surface area contributed by atoms with E-state index in [2.05, 4.69) is 107 Å². The van der Waals surface area contributed by atoms with Crippen LogP contribution in [-0.4, -0.2) is 56.4 Å². The number of aromatic nitrogens is 3. The first kappa shape index (κ1) is 37.0. The molecule has 57 heavy (non-hydrogen) atoms. The number of rotatable bonds is 10. The highest BCUT2D eigenvalue weighted by atomic mass is 32.1. The number of amides is 3. The summed E-state index contributed by atoms with van der Waals surface area (Å²) in [6.07, 6.45) is 11.9. The molecule has 4 N–H and O–H groups in total. The summed E-state index contributed by atoms with van der Waals surface area (Å²) in [5.41, 5.74) is 19.3. The van der Waals surface area contributed by atoms with E-state index in [1.165, 1.54) is 33.6 Å². The van der Waals surface area contributed by atoms with Crippen molar-refractivity contribution in [3.05, 3.63) is 128 Å². The molecule has 1 unspecified atom stereocenters. The number of carbonyl (C=O) groups is 3. The van der Waals surface area contributed by atoms with Crippen molar-refractivity contribution in [2.24, 2.45) is 5.73 Å². The molecule has 0 spiro atoms. The first-order valence-electron chi connectivity index (χ1n) is 20.1. The van der Waals surface area contributed by atoms with Gasteiger partial charge in [-0.05, 0) is 141 Å². The summed E-state index contributed by atoms with van der Waals surface area (Å²) in [6.45, 7) is 5.14. The average molecular weight is 778 g/mol. The highest BCUT2D eigenvalue weighted by Gasteiger charge is 2.27. The van der Waals surface area contributed by atoms with Gasteiger partial charge in [-0.15, -0.1) is 11.3 Å². The molecule has 3 aromatic carbocycles. The van der Waals surface area contributed by atoms with Crippen molar-refractivity contribution in [2.75, 3.05) is 18.4 Å². The third-order valence-corrected chi connectivity index (χ3v) is 13.5. The smallest absolute Gasteiger partial charge is 0.259 e. The van der Waals surface area contributed by atoms with E-state index in [1.807, 2.05) is 4.52 Å². The van der Waals surface area contributed by atoms with Crippen molar-refractivity contribution in [1.29, 1.82) is 0 Å². The molecule has 5 heterocycles. The number of hydrogen-bond donors (Lipinski definition) is 3. The number of hydrogen-bond acceptors (Lipinski definition) is 8. The van der Waals surface area contributed by atoms with Crippen LogP contribution in [0.2, 0.25) is 0 Å². The minimum Gasteiger partial charge on any atom is -0.374 e. The number of nitrogens with zero attached hydrogens (tertiary/aromatic N) is 4. The van der Waals surface area contributed by atoms with Gasteiger partial charge in [-0.25, -0.2) is 9.50 Å². The van der Waals surface area contributed by atoms with Gasteiger partial charge in [0.2, 0.25) is 11.8 Å². The van der Waals surface area contributed by atoms with Gasteiger partial charge in [0.25, 0.3) is 5.91 Å². The number of benzene rings is 3. The summed E-state index contributed by atoms with van der Waals surface area (Å²) in [5.74, 6) is -0.255. The first-order valence-corrected chi connectivity index (χ1v) is 21.0. The van der Waals surface area contributed by atoms with Crippen LogP contribution in [0.25, 0.3) is 27.9 Å². The predicted octanol–water partition coefficient (Wildman–Crippen LogP) is 7.60. The Kier molecular flexibility index (Phi) is 10.2. The third-order valence-electron chi connectivity index (χ3n) is 12.1. The largest absolute Gasteiger partial charge is 0.374 e. The van der Waals surface area contributed by atoms with Crippen LogP contribution in [-0.2, 0) is 35.4 Å². The Hall–Kier alpha value is -5.65. The van der Waals surface area contributed by atoms with Gasteiger partial charge in [0, 0.05) is 40.9 Å². The Morgan fingerprint density at radius 1 is 0.912 bits per heavy atom. The van der Waals surface area contributed by atoms with Gasteiger partial charge < -0.3 is 11.1 Å². The SMILES string of the molecule is Cc1cc(-c2ncnn3cc(-c4ccc(CN5CCC(c6ccc(NC7CCC(=O)NC7=O)cc6)CC5)cc4)cc23)ccc1Cc1c(C(N)=O)sc2c1CCCC2. The van der Waals surface area contributed by atoms with E-state index in [0.29, 0.717) is 25.2 Å². The molecule has 2 fully saturated rings. The van der Waals surface area contributed by atoms with Gasteiger partial charge in [-0.1, -0.05) is 48.5 Å². The predicted molar refractivity (Wildman–Crippen MR) is 224 cm³/mol. The Morgan fingerprint density at radius 2 is 1.68 bits per heavy atom. The van der Waals surface area contributed by atoms with E-state index in [4.69, 9.17) is 10.7 Å². The number of imide groups is 1. The lowest BCUT2D eigenvalue weighted by atomic mass is 9.89. The fourth-order valence-electron chi connectivity index (χ4n) is 8.93. The lowest BCUT2D eigenvalue weighted by Gasteiger charge is -2.32. The van der Waals surface area contributed by atoms with Crippen LogP contribution < -0.4 is 16.4 Å². The summed E-state index contributed by atoms with van der Waals surface area (Å²) in [6, 6.07) is 25.6. The summed E-state index contributed by atoms with van der Waals surface area (Å²) in [4.78, 5) is 45.3. The summed E-state index contributed by atoms with van der Waals surface area (Å²) in [7, 11) is 0. The molecular formula is C46H47N7O3S. The Balaban J connectivity index is 0.830. The minimum absolute atomic E-state index is 0.200. The second-order valence-electron chi connectivity index (χ2n) is 15.9. The number of likely N-dealkylation sites (tertiary alicyclic amines) is 1. The molecule has 10 nitrogen and oxygen atoms in total. The van der Waals surface area contributed by atoms with Crippen LogP contribution in [0.1, 0.15) is 92.4 Å². The summed E-state index contributed by atoms with van der Waals surface area (Å²) in [5, 5.41) is 10.2. The molecule has 0 bridgehead atoms. The Morgan fingerprint density at radius 3 is 2.44 bits per heavy atom. The van der Waals surface area contributed by atoms with Gasteiger partial charge in [-0.2, -0.15) is 5.10 Å². The molecule has 6 aromatic rings. The molecule has 0 radical (unpaired) electrons. The highest BCUT2D eigenvalue weighted by molar-refractivity contribution is 7.14. The maximum Gasteiger partial charge on any atom is 0.259 e. The molecule has 3 amide bonds. The van der Waals surface area contributed by atoms with Crippen LogP contribution in [0.5, 0.6) is 0 Å². The molecular weight excluding hydrogens is 731 g/mol. The van der Waals surface area contributed by atoms with Gasteiger partial charge in [-0.3, -0.25) is 24.6 Å². The molecule has 11 heteroatoms. The van der Waals surface area contributed by atoms with Crippen LogP contribution in [0.3, 0.4) is 0 Å². The fraction of sp³-hybridized carbons (Fsp3) is 0.326. The third kappa shape index (κ3) is 7.74. The highest BCUT2D eigenvalue weighted by Crippen LogP contribution is 2.37. The van der Waals surface area contributed by atoms with Crippen molar-refractivity contribution in [2.45, 2.75) is 83.2 Å². The molecule has 9 rings (SSSR count). The van der Waals surface area contributed by atoms with Gasteiger partial charge >= 0.3 is 0 Å². The number of nitrogens with one attached hydrogen (secondary N) is 2. The molecule has 1 aliphatic carbocycles. The fourth-order valence-corrected chi connectivity index (χ4v) is 10.2. The lowest BCUT2D eigenvalue weighted by molar-refractivity contribution is -0.133. The quantitative estimate of drug-likeness (QED) is 0.122. The van der Waals surface area contributed by atoms with Gasteiger partial charge in [0.15, 0.2) is 0 Å². The van der Waals surface area contributed by atoms with Gasteiger partial charge in [0.1, 0.15) is 12.4 Å². The van der Waals surface area contributed by atoms with E-state index in [1.54, 1.807) is 17.7 Å². The molecule has 3 aromatic heterocycles. The van der Waals surface area contributed by atoms with Crippen molar-refractivity contribution in [1.82, 2.24) is 24.8 Å². The number of piperidine rings is 2. The topological polar surface area (TPSA) is 135 Å². The maximum absolute atomic E-state index is 12.4. The van der Waals surface area contributed by atoms with Crippen molar-refractivity contribution >= 4 is 40.3 Å². The van der Waals surface area contributed by atoms with Crippen LogP contribution in [0, 0.1) is 6.92 Å². The van der Waals surface area contributed by atoms with Crippen molar-refractivity contribution in [3.63, 3.8) is 0 Å². The van der Waals surface area contributed by atoms with Crippen LogP contribution in [0.4, 0.5) is 5.69 Å². The average Bonchev–Trinajstić information content (AvgIpc) is 3.83. The Labute approximate surface area is 336 Å². The second kappa shape index (κ2) is 15.7. The standard InChI is InChI=1S/C46H47N7O3S/c1-28-22-34(11-10-33(28)23-38-37-4-2-3-5-41(37)57-44(38)45(47)55)43-40-24-35(26-53(40)49-27-48-43)31-8-6-29(7-9-31)25-52-20-18-32(19-21-52)30-12-14-36(15-13-30)50-39-16-17-42(54)51-46(39)56/h6-15,22,24,26-27,32,39,50H,2-5,16-21,23,25H2,1H3,(H2,47,55)(H,51,54,56).